The number of aliphatic hydroxyl groups excluding tert-OH is 1. The van der Waals surface area contributed by atoms with E-state index >= 15 is 0 Å². The minimum Gasteiger partial charge on any atom is -0.451 e. The molecule has 1 aromatic heterocycles. The lowest BCUT2D eigenvalue weighted by Gasteiger charge is -2.09. The zero-order valence-electron chi connectivity index (χ0n) is 12.6. The fourth-order valence-corrected chi connectivity index (χ4v) is 2.00. The molecule has 5 nitrogen and oxygen atoms in total. The molecule has 2 rings (SSSR count). The smallest absolute Gasteiger partial charge is 0.287 e. The zero-order chi connectivity index (χ0) is 15.4. The van der Waals surface area contributed by atoms with Gasteiger partial charge >= 0.3 is 0 Å². The molecule has 1 amide bonds. The molecule has 0 saturated heterocycles. The number of amides is 1. The topological polar surface area (TPSA) is 71.7 Å². The maximum atomic E-state index is 12.2. The van der Waals surface area contributed by atoms with E-state index in [0.29, 0.717) is 12.2 Å². The van der Waals surface area contributed by atoms with E-state index in [-0.39, 0.29) is 24.3 Å². The molecule has 0 aliphatic heterocycles. The normalized spacial score (nSPS) is 12.8. The van der Waals surface area contributed by atoms with Gasteiger partial charge in [0.05, 0.1) is 18.8 Å². The number of ether oxygens (including phenoxy) is 1. The monoisotopic (exact) mass is 291 g/mol. The number of rotatable bonds is 6. The van der Waals surface area contributed by atoms with Gasteiger partial charge in [-0.05, 0) is 26.8 Å². The van der Waals surface area contributed by atoms with Gasteiger partial charge in [0.2, 0.25) is 0 Å². The molecule has 1 aromatic carbocycles. The van der Waals surface area contributed by atoms with E-state index in [0.717, 1.165) is 10.9 Å². The summed E-state index contributed by atoms with van der Waals surface area (Å²) in [5.74, 6) is -0.0908. The molecule has 0 fully saturated rings. The van der Waals surface area contributed by atoms with Crippen molar-refractivity contribution in [3.8, 4) is 0 Å². The van der Waals surface area contributed by atoms with E-state index < -0.39 is 6.10 Å². The van der Waals surface area contributed by atoms with Gasteiger partial charge in [0.15, 0.2) is 5.76 Å². The summed E-state index contributed by atoms with van der Waals surface area (Å²) in [6, 6.07) is 7.48. The molecule has 0 aliphatic rings. The number of carbonyl (C=O) groups is 1. The summed E-state index contributed by atoms with van der Waals surface area (Å²) in [4.78, 5) is 12.2. The molecule has 1 heterocycles. The fraction of sp³-hybridized carbons (Fsp3) is 0.438. The third-order valence-electron chi connectivity index (χ3n) is 3.02. The predicted octanol–water partition coefficient (Wildman–Crippen LogP) is 2.47. The molecule has 0 radical (unpaired) electrons. The van der Waals surface area contributed by atoms with Crippen molar-refractivity contribution in [3.05, 3.63) is 35.6 Å². The van der Waals surface area contributed by atoms with Crippen molar-refractivity contribution in [1.29, 1.82) is 0 Å². The lowest BCUT2D eigenvalue weighted by atomic mass is 10.1. The lowest BCUT2D eigenvalue weighted by molar-refractivity contribution is 0.0642. The summed E-state index contributed by atoms with van der Waals surface area (Å²) in [5.41, 5.74) is 1.39. The van der Waals surface area contributed by atoms with Crippen molar-refractivity contribution in [3.63, 3.8) is 0 Å². The van der Waals surface area contributed by atoms with E-state index in [4.69, 9.17) is 9.15 Å². The van der Waals surface area contributed by atoms with E-state index in [1.165, 1.54) is 0 Å². The second-order valence-corrected chi connectivity index (χ2v) is 5.32. The standard InChI is InChI=1S/C16H21NO4/c1-10(2)20-9-13-12-6-4-5-7-14(12)21-15(13)16(19)17-8-11(3)18/h4-7,10-11,18H,8-9H2,1-3H3,(H,17,19). The number of hydrogen-bond acceptors (Lipinski definition) is 4. The summed E-state index contributed by atoms with van der Waals surface area (Å²) in [7, 11) is 0. The van der Waals surface area contributed by atoms with Crippen LogP contribution in [0.1, 0.15) is 36.9 Å². The SMILES string of the molecule is CC(O)CNC(=O)c1oc2ccccc2c1COC(C)C. The Morgan fingerprint density at radius 3 is 2.71 bits per heavy atom. The molecule has 1 unspecified atom stereocenters. The van der Waals surface area contributed by atoms with Crippen LogP contribution in [0.3, 0.4) is 0 Å². The first-order valence-corrected chi connectivity index (χ1v) is 7.07. The molecule has 0 aliphatic carbocycles. The van der Waals surface area contributed by atoms with Crippen LogP contribution in [0.2, 0.25) is 0 Å². The van der Waals surface area contributed by atoms with Crippen LogP contribution in [0, 0.1) is 0 Å². The lowest BCUT2D eigenvalue weighted by Crippen LogP contribution is -2.30. The first kappa shape index (κ1) is 15.5. The fourth-order valence-electron chi connectivity index (χ4n) is 2.00. The average molecular weight is 291 g/mol. The molecule has 0 saturated carbocycles. The predicted molar refractivity (Wildman–Crippen MR) is 80.2 cm³/mol. The van der Waals surface area contributed by atoms with Gasteiger partial charge in [0.25, 0.3) is 5.91 Å². The van der Waals surface area contributed by atoms with Crippen LogP contribution in [0.25, 0.3) is 11.0 Å². The largest absolute Gasteiger partial charge is 0.451 e. The van der Waals surface area contributed by atoms with E-state index in [9.17, 15) is 9.90 Å². The number of hydrogen-bond donors (Lipinski definition) is 2. The molecular formula is C16H21NO4. The van der Waals surface area contributed by atoms with Crippen LogP contribution in [0.5, 0.6) is 0 Å². The highest BCUT2D eigenvalue weighted by molar-refractivity contribution is 5.99. The Bertz CT molecular complexity index is 616. The molecule has 2 N–H and O–H groups in total. The molecule has 114 valence electrons. The molecular weight excluding hydrogens is 270 g/mol. The first-order chi connectivity index (χ1) is 9.99. The maximum absolute atomic E-state index is 12.2. The van der Waals surface area contributed by atoms with E-state index in [2.05, 4.69) is 5.32 Å². The third-order valence-corrected chi connectivity index (χ3v) is 3.02. The molecule has 0 bridgehead atoms. The highest BCUT2D eigenvalue weighted by atomic mass is 16.5. The number of nitrogens with one attached hydrogen (secondary N) is 1. The number of aliphatic hydroxyl groups is 1. The van der Waals surface area contributed by atoms with E-state index in [1.54, 1.807) is 6.92 Å². The number of para-hydroxylation sites is 1. The summed E-state index contributed by atoms with van der Waals surface area (Å²) in [5, 5.41) is 12.8. The van der Waals surface area contributed by atoms with Crippen molar-refractivity contribution < 1.29 is 19.1 Å². The highest BCUT2D eigenvalue weighted by Crippen LogP contribution is 2.26. The summed E-state index contributed by atoms with van der Waals surface area (Å²) in [6.07, 6.45) is -0.541. The van der Waals surface area contributed by atoms with Gasteiger partial charge in [-0.2, -0.15) is 0 Å². The van der Waals surface area contributed by atoms with Crippen molar-refractivity contribution >= 4 is 16.9 Å². The summed E-state index contributed by atoms with van der Waals surface area (Å²) in [6.45, 7) is 5.99. The van der Waals surface area contributed by atoms with Crippen LogP contribution in [0.4, 0.5) is 0 Å². The maximum Gasteiger partial charge on any atom is 0.287 e. The minimum atomic E-state index is -0.603. The molecule has 2 aromatic rings. The first-order valence-electron chi connectivity index (χ1n) is 7.07. The van der Waals surface area contributed by atoms with Crippen LogP contribution in [0.15, 0.2) is 28.7 Å². The molecule has 0 spiro atoms. The zero-order valence-corrected chi connectivity index (χ0v) is 12.6. The van der Waals surface area contributed by atoms with Crippen molar-refractivity contribution in [2.75, 3.05) is 6.54 Å². The van der Waals surface area contributed by atoms with E-state index in [1.807, 2.05) is 38.1 Å². The van der Waals surface area contributed by atoms with Gasteiger partial charge in [-0.1, -0.05) is 18.2 Å². The molecule has 1 atom stereocenters. The van der Waals surface area contributed by atoms with Gasteiger partial charge in [-0.25, -0.2) is 0 Å². The summed E-state index contributed by atoms with van der Waals surface area (Å²) >= 11 is 0. The Labute approximate surface area is 123 Å². The van der Waals surface area contributed by atoms with Crippen molar-refractivity contribution in [2.24, 2.45) is 0 Å². The Hall–Kier alpha value is -1.85. The van der Waals surface area contributed by atoms with Crippen LogP contribution >= 0.6 is 0 Å². The van der Waals surface area contributed by atoms with Crippen molar-refractivity contribution in [2.45, 2.75) is 39.6 Å². The van der Waals surface area contributed by atoms with Gasteiger partial charge < -0.3 is 19.6 Å². The number of benzene rings is 1. The third kappa shape index (κ3) is 3.83. The Balaban J connectivity index is 2.32. The number of furan rings is 1. The van der Waals surface area contributed by atoms with Crippen molar-refractivity contribution in [1.82, 2.24) is 5.32 Å². The highest BCUT2D eigenvalue weighted by Gasteiger charge is 2.20. The summed E-state index contributed by atoms with van der Waals surface area (Å²) < 4.78 is 11.3. The van der Waals surface area contributed by atoms with Gasteiger partial charge in [0, 0.05) is 17.5 Å². The van der Waals surface area contributed by atoms with Crippen LogP contribution < -0.4 is 5.32 Å². The van der Waals surface area contributed by atoms with Gasteiger partial charge in [-0.15, -0.1) is 0 Å². The number of fused-ring (bicyclic) bond motifs is 1. The quantitative estimate of drug-likeness (QED) is 0.857. The second-order valence-electron chi connectivity index (χ2n) is 5.32. The Morgan fingerprint density at radius 2 is 2.05 bits per heavy atom. The number of carbonyl (C=O) groups excluding carboxylic acids is 1. The average Bonchev–Trinajstić information content (AvgIpc) is 2.81. The van der Waals surface area contributed by atoms with Crippen LogP contribution in [-0.4, -0.2) is 29.8 Å². The molecule has 5 heteroatoms. The van der Waals surface area contributed by atoms with Gasteiger partial charge in [0.1, 0.15) is 5.58 Å². The Morgan fingerprint density at radius 1 is 1.33 bits per heavy atom. The van der Waals surface area contributed by atoms with Gasteiger partial charge in [-0.3, -0.25) is 4.79 Å². The minimum absolute atomic E-state index is 0.0621. The Kier molecular flexibility index (Phi) is 4.98. The molecule has 21 heavy (non-hydrogen) atoms. The second kappa shape index (κ2) is 6.74. The van der Waals surface area contributed by atoms with Crippen LogP contribution in [-0.2, 0) is 11.3 Å².